The third-order valence-corrected chi connectivity index (χ3v) is 11.1. The van der Waals surface area contributed by atoms with Gasteiger partial charge in [0.15, 0.2) is 37.5 Å². The zero-order valence-electron chi connectivity index (χ0n) is 44.6. The molecule has 86 heavy (non-hydrogen) atoms. The Labute approximate surface area is 514 Å². The number of nitrogens with zero attached hydrogens (tertiary/aromatic N) is 7. The van der Waals surface area contributed by atoms with Gasteiger partial charge in [-0.05, 0) is 126 Å². The van der Waals surface area contributed by atoms with Crippen molar-refractivity contribution >= 4 is 75.9 Å². The molecule has 9 rings (SSSR count). The molecule has 2 aromatic carbocycles. The van der Waals surface area contributed by atoms with E-state index in [1.165, 1.54) is 55.9 Å². The minimum absolute atomic E-state index is 0. The first-order valence-electron chi connectivity index (χ1n) is 23.6. The van der Waals surface area contributed by atoms with Crippen molar-refractivity contribution in [2.45, 2.75) is 86.1 Å². The number of nitrogen functional groups attached to an aromatic ring is 1. The molecule has 0 amide bonds. The standard InChI is InChI=1S/C14H11ClFN3O.C13H10ClFN2O.C9H11NO3.C8H11NO2.C7H7NO2.C6H7NO.6CH4/c1-7-13-9(4-5-18-7)12(14(17)20-13)19-8-2-3-11(16)10(15)6-8;1-8-13(18)9(4-5-16-8)7-17-10-2-3-12(15)11(14)6-10;1-7-9(13-6-12-2)8(5-11)3-4-10-7;1-7-8(11-6-10-2)4-3-5-9-7;1-5-7(10)6(4-9)2-3-8-5;1-5-6(8)3-2-4-7-5;;;;;;/h2-6,19H,17H2,1H3;2-7,18H,1H3;3-5H,6H2,1-2H3;3-5H,6H2,1-2H3;2-4,10H,1H3;2-4,8H,1H3;6*1H4. The van der Waals surface area contributed by atoms with Gasteiger partial charge in [0.1, 0.15) is 40.3 Å². The number of aryl methyl sites for hydroxylation is 6. The summed E-state index contributed by atoms with van der Waals surface area (Å²) in [6.45, 7) is 11.0. The van der Waals surface area contributed by atoms with Gasteiger partial charge in [-0.15, -0.1) is 0 Å². The number of halogens is 4. The zero-order chi connectivity index (χ0) is 58.7. The number of hydrogen-bond acceptors (Lipinski definition) is 19. The number of furan rings is 1. The van der Waals surface area contributed by atoms with E-state index in [-0.39, 0.29) is 96.9 Å². The van der Waals surface area contributed by atoms with Crippen LogP contribution in [-0.2, 0) is 9.47 Å². The van der Waals surface area contributed by atoms with Gasteiger partial charge in [0.25, 0.3) is 0 Å². The molecule has 466 valence electrons. The molecule has 0 unspecified atom stereocenters. The number of aromatic hydroxyl groups is 3. The first-order valence-corrected chi connectivity index (χ1v) is 24.3. The van der Waals surface area contributed by atoms with Gasteiger partial charge in [0, 0.05) is 74.3 Å². The highest BCUT2D eigenvalue weighted by Gasteiger charge is 2.15. The van der Waals surface area contributed by atoms with E-state index in [0.29, 0.717) is 68.6 Å². The number of nitrogens with two attached hydrogens (primary N) is 1. The third-order valence-electron chi connectivity index (χ3n) is 10.5. The summed E-state index contributed by atoms with van der Waals surface area (Å²) in [6, 6.07) is 22.0. The van der Waals surface area contributed by atoms with E-state index in [1.54, 1.807) is 102 Å². The molecule has 0 aliphatic carbocycles. The number of benzene rings is 2. The summed E-state index contributed by atoms with van der Waals surface area (Å²) in [7, 11) is 3.11. The van der Waals surface area contributed by atoms with Crippen LogP contribution in [0.25, 0.3) is 11.0 Å². The maximum absolute atomic E-state index is 13.2. The lowest BCUT2D eigenvalue weighted by atomic mass is 10.2. The van der Waals surface area contributed by atoms with E-state index in [0.717, 1.165) is 28.8 Å². The number of hydrogen-bond donors (Lipinski definition) is 5. The van der Waals surface area contributed by atoms with Crippen LogP contribution in [0.5, 0.6) is 28.7 Å². The fourth-order valence-corrected chi connectivity index (χ4v) is 6.63. The van der Waals surface area contributed by atoms with Gasteiger partial charge in [0.05, 0.1) is 61.0 Å². The molecule has 7 heterocycles. The van der Waals surface area contributed by atoms with Gasteiger partial charge in [-0.3, -0.25) is 44.5 Å². The smallest absolute Gasteiger partial charge is 0.215 e. The summed E-state index contributed by atoms with van der Waals surface area (Å²) in [4.78, 5) is 48.6. The maximum atomic E-state index is 13.2. The van der Waals surface area contributed by atoms with E-state index in [4.69, 9.17) is 62.5 Å². The summed E-state index contributed by atoms with van der Waals surface area (Å²) in [5.41, 5.74) is 13.6. The van der Waals surface area contributed by atoms with Gasteiger partial charge in [0.2, 0.25) is 5.88 Å². The maximum Gasteiger partial charge on any atom is 0.215 e. The average molecular weight is 1230 g/mol. The minimum Gasteiger partial charge on any atom is -0.506 e. The summed E-state index contributed by atoms with van der Waals surface area (Å²) >= 11 is 11.4. The molecule has 6 N–H and O–H groups in total. The van der Waals surface area contributed by atoms with Crippen LogP contribution in [-0.4, -0.2) is 91.8 Å². The second kappa shape index (κ2) is 41.8. The van der Waals surface area contributed by atoms with E-state index in [2.05, 4.69) is 40.2 Å². The zero-order valence-corrected chi connectivity index (χ0v) is 46.1. The number of fused-ring (bicyclic) bond motifs is 1. The number of carbonyl (C=O) groups excluding carboxylic acids is 2. The molecular weight excluding hydrogens is 1150 g/mol. The van der Waals surface area contributed by atoms with Gasteiger partial charge in [-0.2, -0.15) is 0 Å². The highest BCUT2D eigenvalue weighted by Crippen LogP contribution is 2.36. The lowest BCUT2D eigenvalue weighted by Gasteiger charge is -2.08. The van der Waals surface area contributed by atoms with Crippen molar-refractivity contribution in [3.05, 3.63) is 195 Å². The van der Waals surface area contributed by atoms with Crippen LogP contribution in [0.3, 0.4) is 0 Å². The highest BCUT2D eigenvalue weighted by molar-refractivity contribution is 6.31. The molecule has 9 aromatic rings. The molecule has 0 bridgehead atoms. The predicted molar refractivity (Wildman–Crippen MR) is 343 cm³/mol. The van der Waals surface area contributed by atoms with Crippen LogP contribution in [0.15, 0.2) is 132 Å². The Morgan fingerprint density at radius 3 is 1.59 bits per heavy atom. The van der Waals surface area contributed by atoms with Crippen LogP contribution in [0.2, 0.25) is 10.0 Å². The lowest BCUT2D eigenvalue weighted by Crippen LogP contribution is -2.03. The number of aliphatic imine (C=N–C) groups is 1. The monoisotopic (exact) mass is 1230 g/mol. The predicted octanol–water partition coefficient (Wildman–Crippen LogP) is 16.3. The van der Waals surface area contributed by atoms with Crippen molar-refractivity contribution in [2.75, 3.05) is 38.9 Å². The van der Waals surface area contributed by atoms with Crippen molar-refractivity contribution in [1.29, 1.82) is 0 Å². The van der Waals surface area contributed by atoms with Crippen LogP contribution >= 0.6 is 23.2 Å². The average Bonchev–Trinajstić information content (AvgIpc) is 2.98. The molecule has 0 spiro atoms. The number of ether oxygens (including phenoxy) is 4. The van der Waals surface area contributed by atoms with E-state index >= 15 is 0 Å². The van der Waals surface area contributed by atoms with Gasteiger partial charge in [-0.1, -0.05) is 67.8 Å². The van der Waals surface area contributed by atoms with Crippen molar-refractivity contribution in [3.8, 4) is 28.7 Å². The van der Waals surface area contributed by atoms with E-state index in [9.17, 15) is 23.5 Å². The molecule has 19 nitrogen and oxygen atoms in total. The fourth-order valence-electron chi connectivity index (χ4n) is 6.28. The summed E-state index contributed by atoms with van der Waals surface area (Å²) in [5, 5.41) is 31.7. The summed E-state index contributed by atoms with van der Waals surface area (Å²) < 4.78 is 51.5. The van der Waals surface area contributed by atoms with Crippen LogP contribution in [0.1, 0.15) is 105 Å². The second-order valence-electron chi connectivity index (χ2n) is 16.2. The number of rotatable bonds is 12. The number of anilines is 3. The van der Waals surface area contributed by atoms with Crippen LogP contribution in [0.4, 0.5) is 31.7 Å². The largest absolute Gasteiger partial charge is 0.506 e. The first kappa shape index (κ1) is 81.1. The number of pyridine rings is 6. The number of carbonyl (C=O) groups is 2. The normalized spacial score (nSPS) is 9.49. The van der Waals surface area contributed by atoms with Crippen molar-refractivity contribution in [1.82, 2.24) is 29.9 Å². The highest BCUT2D eigenvalue weighted by atomic mass is 35.5. The molecule has 0 radical (unpaired) electrons. The number of aldehydes is 2. The first-order chi connectivity index (χ1) is 38.3. The van der Waals surface area contributed by atoms with Gasteiger partial charge >= 0.3 is 0 Å². The van der Waals surface area contributed by atoms with E-state index < -0.39 is 11.6 Å². The number of aromatic nitrogens is 6. The molecule has 0 saturated heterocycles. The molecule has 23 heteroatoms. The molecule has 0 aliphatic rings. The lowest BCUT2D eigenvalue weighted by molar-refractivity contribution is 0.0496. The molecule has 0 saturated carbocycles. The van der Waals surface area contributed by atoms with Crippen molar-refractivity contribution in [3.63, 3.8) is 0 Å². The van der Waals surface area contributed by atoms with Gasteiger partial charge < -0.3 is 49.7 Å². The number of methoxy groups -OCH3 is 2. The number of nitrogens with one attached hydrogen (secondary N) is 1. The second-order valence-corrected chi connectivity index (χ2v) is 17.1. The molecule has 0 aliphatic heterocycles. The van der Waals surface area contributed by atoms with Crippen molar-refractivity contribution in [2.24, 2.45) is 4.99 Å². The molecule has 7 aromatic heterocycles. The molecular formula is C63H81Cl2F2N9O10. The summed E-state index contributed by atoms with van der Waals surface area (Å²) in [5.74, 6) is 0.852. The Kier molecular flexibility index (Phi) is 39.4. The Morgan fingerprint density at radius 1 is 0.581 bits per heavy atom. The quantitative estimate of drug-likeness (QED) is 0.0432. The summed E-state index contributed by atoms with van der Waals surface area (Å²) in [6.07, 6.45) is 12.5. The van der Waals surface area contributed by atoms with E-state index in [1.807, 2.05) is 26.0 Å². The van der Waals surface area contributed by atoms with Crippen LogP contribution in [0, 0.1) is 53.2 Å². The van der Waals surface area contributed by atoms with Gasteiger partial charge in [-0.25, -0.2) is 8.78 Å². The van der Waals surface area contributed by atoms with Crippen molar-refractivity contribution < 1.29 is 57.1 Å². The Morgan fingerprint density at radius 2 is 1.07 bits per heavy atom. The molecule has 0 fully saturated rings. The Balaban J connectivity index is -0.000000972. The topological polar surface area (TPSA) is 273 Å². The Hall–Kier alpha value is -9.15. The third kappa shape index (κ3) is 25.0. The molecule has 0 atom stereocenters. The fraction of sp³-hybridized carbons (Fsp3) is 0.254. The Bertz CT molecular complexity index is 3480. The minimum atomic E-state index is -0.488. The SMILES string of the molecule is C.C.C.C.C.C.COCOc1c(C=O)ccnc1C.COCOc1cccnc1C.Cc1nccc(C=Nc2ccc(F)c(Cl)c2)c1O.Cc1nccc(C=O)c1O.Cc1nccc2c(Nc3ccc(F)c(Cl)c3)c(N)oc12.Cc1ncccc1O. The van der Waals surface area contributed by atoms with Crippen LogP contribution < -0.4 is 20.5 Å².